The van der Waals surface area contributed by atoms with Gasteiger partial charge in [-0.1, -0.05) is 33.6 Å². The normalized spacial score (nSPS) is 54.0. The van der Waals surface area contributed by atoms with Crippen molar-refractivity contribution in [3.05, 3.63) is 0 Å². The topological polar surface area (TPSA) is 52.3 Å². The van der Waals surface area contributed by atoms with E-state index in [0.29, 0.717) is 23.7 Å². The Morgan fingerprint density at radius 2 is 1.79 bits per heavy atom. The average molecular weight is 265 g/mol. The number of carbonyl (C=O) groups excluding carboxylic acids is 1. The third kappa shape index (κ3) is 2.01. The van der Waals surface area contributed by atoms with E-state index in [4.69, 9.17) is 10.5 Å². The van der Waals surface area contributed by atoms with Gasteiger partial charge < -0.3 is 4.74 Å². The van der Waals surface area contributed by atoms with Gasteiger partial charge in [0.2, 0.25) is 0 Å². The molecule has 0 aromatic carbocycles. The van der Waals surface area contributed by atoms with Crippen LogP contribution in [-0.2, 0) is 9.53 Å². The van der Waals surface area contributed by atoms with Crippen molar-refractivity contribution < 1.29 is 9.53 Å². The Kier molecular flexibility index (Phi) is 3.16. The highest BCUT2D eigenvalue weighted by atomic mass is 16.6. The summed E-state index contributed by atoms with van der Waals surface area (Å²) < 4.78 is 5.76. The van der Waals surface area contributed by atoms with E-state index in [1.165, 1.54) is 19.3 Å². The van der Waals surface area contributed by atoms with E-state index < -0.39 is 5.72 Å². The molecule has 2 N–H and O–H groups in total. The number of hydrogen-bond donors (Lipinski definition) is 1. The van der Waals surface area contributed by atoms with E-state index >= 15 is 0 Å². The summed E-state index contributed by atoms with van der Waals surface area (Å²) in [5.74, 6) is 2.72. The van der Waals surface area contributed by atoms with Crippen LogP contribution in [0.5, 0.6) is 0 Å². The molecule has 1 saturated heterocycles. The minimum absolute atomic E-state index is 0.0325. The van der Waals surface area contributed by atoms with Gasteiger partial charge >= 0.3 is 5.97 Å². The summed E-state index contributed by atoms with van der Waals surface area (Å²) in [6, 6.07) is 0. The highest BCUT2D eigenvalue weighted by molar-refractivity contribution is 5.74. The Morgan fingerprint density at radius 3 is 2.53 bits per heavy atom. The molecule has 0 radical (unpaired) electrons. The van der Waals surface area contributed by atoms with Crippen molar-refractivity contribution in [3.8, 4) is 0 Å². The lowest BCUT2D eigenvalue weighted by Gasteiger charge is -2.53. The molecule has 0 aromatic rings. The lowest BCUT2D eigenvalue weighted by Crippen LogP contribution is -2.63. The van der Waals surface area contributed by atoms with Gasteiger partial charge in [-0.05, 0) is 36.5 Å². The van der Waals surface area contributed by atoms with Crippen LogP contribution in [0.25, 0.3) is 0 Å². The molecule has 3 rings (SSSR count). The van der Waals surface area contributed by atoms with Crippen LogP contribution < -0.4 is 5.73 Å². The van der Waals surface area contributed by atoms with Gasteiger partial charge in [0.1, 0.15) is 0 Å². The first-order valence-corrected chi connectivity index (χ1v) is 7.94. The van der Waals surface area contributed by atoms with Crippen LogP contribution in [0.3, 0.4) is 0 Å². The molecular weight excluding hydrogens is 238 g/mol. The van der Waals surface area contributed by atoms with Gasteiger partial charge in [-0.2, -0.15) is 0 Å². The number of nitrogens with two attached hydrogens (primary N) is 1. The van der Waals surface area contributed by atoms with Gasteiger partial charge in [-0.25, -0.2) is 0 Å². The molecule has 0 amide bonds. The fourth-order valence-corrected chi connectivity index (χ4v) is 5.09. The van der Waals surface area contributed by atoms with E-state index in [-0.39, 0.29) is 11.9 Å². The molecule has 6 unspecified atom stereocenters. The van der Waals surface area contributed by atoms with Gasteiger partial charge in [0.25, 0.3) is 0 Å². The molecule has 108 valence electrons. The quantitative estimate of drug-likeness (QED) is 0.685. The van der Waals surface area contributed by atoms with Crippen molar-refractivity contribution in [2.75, 3.05) is 0 Å². The standard InChI is InChI=1S/C16H27NO2/c1-9-4-6-12-10(2)5-7-13-11(3)15(18)19-16(17,8-9)14(12)13/h9-14H,4-8,17H2,1-3H3/t9?,10-,11?,12?,13?,14?,16?/m1/s1. The summed E-state index contributed by atoms with van der Waals surface area (Å²) in [5.41, 5.74) is 5.93. The van der Waals surface area contributed by atoms with Crippen molar-refractivity contribution in [1.29, 1.82) is 0 Å². The summed E-state index contributed by atoms with van der Waals surface area (Å²) in [6.45, 7) is 6.64. The molecule has 2 aliphatic carbocycles. The molecule has 1 heterocycles. The zero-order valence-electron chi connectivity index (χ0n) is 12.4. The predicted octanol–water partition coefficient (Wildman–Crippen LogP) is 2.93. The number of esters is 1. The van der Waals surface area contributed by atoms with Crippen molar-refractivity contribution >= 4 is 5.97 Å². The number of carbonyl (C=O) groups is 1. The first kappa shape index (κ1) is 13.4. The largest absolute Gasteiger partial charge is 0.444 e. The maximum atomic E-state index is 12.2. The third-order valence-corrected chi connectivity index (χ3v) is 6.14. The van der Waals surface area contributed by atoms with Crippen LogP contribution in [0.15, 0.2) is 0 Å². The van der Waals surface area contributed by atoms with Gasteiger partial charge in [0, 0.05) is 12.3 Å². The van der Waals surface area contributed by atoms with Crippen molar-refractivity contribution in [1.82, 2.24) is 0 Å². The monoisotopic (exact) mass is 265 g/mol. The van der Waals surface area contributed by atoms with E-state index in [0.717, 1.165) is 18.8 Å². The molecule has 1 aliphatic heterocycles. The number of rotatable bonds is 0. The van der Waals surface area contributed by atoms with Gasteiger partial charge in [0.05, 0.1) is 5.92 Å². The molecular formula is C16H27NO2. The molecule has 3 nitrogen and oxygen atoms in total. The highest BCUT2D eigenvalue weighted by Crippen LogP contribution is 2.54. The Labute approximate surface area is 116 Å². The van der Waals surface area contributed by atoms with Crippen LogP contribution in [-0.4, -0.2) is 11.7 Å². The Morgan fingerprint density at radius 1 is 1.11 bits per heavy atom. The summed E-state index contributed by atoms with van der Waals surface area (Å²) in [6.07, 6.45) is 5.71. The molecule has 3 heteroatoms. The Hall–Kier alpha value is -0.570. The second-order valence-corrected chi connectivity index (χ2v) is 7.46. The van der Waals surface area contributed by atoms with E-state index in [1.807, 2.05) is 6.92 Å². The van der Waals surface area contributed by atoms with Crippen LogP contribution >= 0.6 is 0 Å². The predicted molar refractivity (Wildman–Crippen MR) is 74.1 cm³/mol. The highest BCUT2D eigenvalue weighted by Gasteiger charge is 2.57. The zero-order valence-corrected chi connectivity index (χ0v) is 12.4. The second-order valence-electron chi connectivity index (χ2n) is 7.46. The molecule has 2 saturated carbocycles. The molecule has 7 atom stereocenters. The van der Waals surface area contributed by atoms with Crippen LogP contribution in [0.2, 0.25) is 0 Å². The number of hydrogen-bond acceptors (Lipinski definition) is 3. The fourth-order valence-electron chi connectivity index (χ4n) is 5.09. The first-order valence-electron chi connectivity index (χ1n) is 7.94. The zero-order chi connectivity index (χ0) is 13.8. The van der Waals surface area contributed by atoms with Crippen LogP contribution in [0.1, 0.15) is 52.9 Å². The first-order chi connectivity index (χ1) is 8.92. The lowest BCUT2D eigenvalue weighted by atomic mass is 9.58. The maximum Gasteiger partial charge on any atom is 0.310 e. The molecule has 0 bridgehead atoms. The molecule has 3 fully saturated rings. The summed E-state index contributed by atoms with van der Waals surface area (Å²) >= 11 is 0. The van der Waals surface area contributed by atoms with E-state index in [2.05, 4.69) is 13.8 Å². The minimum atomic E-state index is -0.691. The maximum absolute atomic E-state index is 12.2. The van der Waals surface area contributed by atoms with Crippen molar-refractivity contribution in [2.24, 2.45) is 41.2 Å². The Balaban J connectivity index is 2.01. The number of ether oxygens (including phenoxy) is 1. The minimum Gasteiger partial charge on any atom is -0.444 e. The SMILES string of the molecule is CC1CCC2C3C(CC[C@H]2C)C(C)C(=O)OC3(N)C1. The summed E-state index contributed by atoms with van der Waals surface area (Å²) in [5, 5.41) is 0. The lowest BCUT2D eigenvalue weighted by molar-refractivity contribution is -0.208. The van der Waals surface area contributed by atoms with Crippen molar-refractivity contribution in [2.45, 2.75) is 58.6 Å². The molecule has 19 heavy (non-hydrogen) atoms. The van der Waals surface area contributed by atoms with Gasteiger partial charge in [-0.3, -0.25) is 10.5 Å². The molecule has 3 aliphatic rings. The summed E-state index contributed by atoms with van der Waals surface area (Å²) in [4.78, 5) is 12.2. The molecule has 0 aromatic heterocycles. The molecule has 0 spiro atoms. The van der Waals surface area contributed by atoms with Crippen LogP contribution in [0.4, 0.5) is 0 Å². The second kappa shape index (κ2) is 4.47. The van der Waals surface area contributed by atoms with Gasteiger partial charge in [0.15, 0.2) is 5.72 Å². The summed E-state index contributed by atoms with van der Waals surface area (Å²) in [7, 11) is 0. The fraction of sp³-hybridized carbons (Fsp3) is 0.938. The van der Waals surface area contributed by atoms with E-state index in [1.54, 1.807) is 0 Å². The van der Waals surface area contributed by atoms with Crippen molar-refractivity contribution in [3.63, 3.8) is 0 Å². The van der Waals surface area contributed by atoms with Gasteiger partial charge in [-0.15, -0.1) is 0 Å². The van der Waals surface area contributed by atoms with Crippen LogP contribution in [0, 0.1) is 35.5 Å². The smallest absolute Gasteiger partial charge is 0.310 e. The Bertz CT molecular complexity index is 383. The third-order valence-electron chi connectivity index (χ3n) is 6.14. The van der Waals surface area contributed by atoms with E-state index in [9.17, 15) is 4.79 Å². The average Bonchev–Trinajstić information content (AvgIpc) is 2.46.